The van der Waals surface area contributed by atoms with Crippen molar-refractivity contribution >= 4 is 33.5 Å². The Balaban J connectivity index is 2.54. The van der Waals surface area contributed by atoms with Gasteiger partial charge in [0.1, 0.15) is 5.82 Å². The number of hydrogen-bond donors (Lipinski definition) is 0. The smallest absolute Gasteiger partial charge is 0.191 e. The van der Waals surface area contributed by atoms with Gasteiger partial charge in [0.2, 0.25) is 0 Å². The van der Waals surface area contributed by atoms with Gasteiger partial charge in [0, 0.05) is 21.8 Å². The molecule has 1 aromatic rings. The van der Waals surface area contributed by atoms with Gasteiger partial charge >= 0.3 is 0 Å². The maximum absolute atomic E-state index is 12.9. The molecule has 0 fully saturated rings. The third kappa shape index (κ3) is 1.64. The molecule has 4 heteroatoms. The minimum absolute atomic E-state index is 0.0878. The molecule has 2 rings (SSSR count). The molecule has 0 bridgehead atoms. The van der Waals surface area contributed by atoms with E-state index in [4.69, 9.17) is 0 Å². The Bertz CT molecular complexity index is 428. The first-order valence-electron chi connectivity index (χ1n) is 3.98. The third-order valence-electron chi connectivity index (χ3n) is 1.99. The van der Waals surface area contributed by atoms with Crippen LogP contribution >= 0.6 is 27.7 Å². The summed E-state index contributed by atoms with van der Waals surface area (Å²) in [5, 5.41) is 0. The Kier molecular flexibility index (Phi) is 2.74. The van der Waals surface area contributed by atoms with Crippen LogP contribution in [0.15, 0.2) is 33.7 Å². The van der Waals surface area contributed by atoms with Crippen molar-refractivity contribution < 1.29 is 9.18 Å². The molecular weight excluding hydrogens is 267 g/mol. The molecule has 0 amide bonds. The fraction of sp³-hybridized carbons (Fsp3) is 0.100. The van der Waals surface area contributed by atoms with E-state index in [9.17, 15) is 9.18 Å². The van der Waals surface area contributed by atoms with Crippen LogP contribution in [0.1, 0.15) is 10.4 Å². The van der Waals surface area contributed by atoms with Crippen LogP contribution in [-0.2, 0) is 0 Å². The Morgan fingerprint density at radius 3 is 3.00 bits per heavy atom. The zero-order chi connectivity index (χ0) is 10.1. The molecule has 1 nitrogen and oxygen atoms in total. The maximum Gasteiger partial charge on any atom is 0.191 e. The number of Topliss-reactive ketones (excluding diaryl/α,β-unsaturated/α-hetero) is 1. The van der Waals surface area contributed by atoms with Crippen LogP contribution in [0, 0.1) is 5.82 Å². The summed E-state index contributed by atoms with van der Waals surface area (Å²) in [5.74, 6) is 0.187. The number of rotatable bonds is 0. The van der Waals surface area contributed by atoms with Gasteiger partial charge in [-0.3, -0.25) is 4.79 Å². The molecule has 0 aliphatic carbocycles. The predicted octanol–water partition coefficient (Wildman–Crippen LogP) is 3.39. The molecule has 1 aliphatic rings. The second-order valence-electron chi connectivity index (χ2n) is 2.89. The van der Waals surface area contributed by atoms with Gasteiger partial charge < -0.3 is 0 Å². The minimum atomic E-state index is -0.367. The van der Waals surface area contributed by atoms with Gasteiger partial charge in [-0.15, -0.1) is 11.8 Å². The lowest BCUT2D eigenvalue weighted by atomic mass is 10.1. The van der Waals surface area contributed by atoms with E-state index in [-0.39, 0.29) is 11.6 Å². The number of fused-ring (bicyclic) bond motifs is 1. The largest absolute Gasteiger partial charge is 0.289 e. The molecule has 0 unspecified atom stereocenters. The highest BCUT2D eigenvalue weighted by Crippen LogP contribution is 2.33. The standard InChI is InChI=1S/C10H6BrFOS/c11-4-6-5-14-9-2-1-7(12)3-8(9)10(6)13/h1-4H,5H2/b6-4-. The van der Waals surface area contributed by atoms with E-state index in [0.717, 1.165) is 4.90 Å². The first kappa shape index (κ1) is 9.93. The van der Waals surface area contributed by atoms with Gasteiger partial charge in [-0.1, -0.05) is 15.9 Å². The zero-order valence-electron chi connectivity index (χ0n) is 7.09. The number of carbonyl (C=O) groups is 1. The molecular formula is C10H6BrFOS. The summed E-state index contributed by atoms with van der Waals surface area (Å²) in [6, 6.07) is 4.32. The van der Waals surface area contributed by atoms with Gasteiger partial charge in [-0.05, 0) is 23.2 Å². The molecule has 0 radical (unpaired) electrons. The molecule has 0 atom stereocenters. The third-order valence-corrected chi connectivity index (χ3v) is 3.67. The number of thioether (sulfide) groups is 1. The van der Waals surface area contributed by atoms with Crippen molar-refractivity contribution in [2.75, 3.05) is 5.75 Å². The van der Waals surface area contributed by atoms with Crippen LogP contribution in [0.4, 0.5) is 4.39 Å². The second kappa shape index (κ2) is 3.87. The maximum atomic E-state index is 12.9. The number of hydrogen-bond acceptors (Lipinski definition) is 2. The van der Waals surface area contributed by atoms with E-state index in [2.05, 4.69) is 15.9 Å². The quantitative estimate of drug-likeness (QED) is 0.674. The number of benzene rings is 1. The summed E-state index contributed by atoms with van der Waals surface area (Å²) >= 11 is 4.68. The summed E-state index contributed by atoms with van der Waals surface area (Å²) in [7, 11) is 0. The Morgan fingerprint density at radius 1 is 1.50 bits per heavy atom. The molecule has 1 heterocycles. The predicted molar refractivity (Wildman–Crippen MR) is 58.5 cm³/mol. The average Bonchev–Trinajstić information content (AvgIpc) is 2.20. The lowest BCUT2D eigenvalue weighted by Gasteiger charge is -2.15. The van der Waals surface area contributed by atoms with Crippen molar-refractivity contribution in [1.82, 2.24) is 0 Å². The van der Waals surface area contributed by atoms with Crippen LogP contribution in [0.2, 0.25) is 0 Å². The van der Waals surface area contributed by atoms with Crippen molar-refractivity contribution in [1.29, 1.82) is 0 Å². The number of ketones is 1. The van der Waals surface area contributed by atoms with Gasteiger partial charge in [0.15, 0.2) is 5.78 Å². The lowest BCUT2D eigenvalue weighted by Crippen LogP contribution is -2.12. The van der Waals surface area contributed by atoms with E-state index in [0.29, 0.717) is 16.9 Å². The van der Waals surface area contributed by atoms with Crippen molar-refractivity contribution in [3.8, 4) is 0 Å². The summed E-state index contributed by atoms with van der Waals surface area (Å²) in [6.07, 6.45) is 0. The second-order valence-corrected chi connectivity index (χ2v) is 4.37. The van der Waals surface area contributed by atoms with Gasteiger partial charge in [-0.2, -0.15) is 0 Å². The van der Waals surface area contributed by atoms with Crippen molar-refractivity contribution in [2.45, 2.75) is 4.90 Å². The Morgan fingerprint density at radius 2 is 2.29 bits per heavy atom. The first-order chi connectivity index (χ1) is 6.72. The van der Waals surface area contributed by atoms with Crippen molar-refractivity contribution in [3.63, 3.8) is 0 Å². The normalized spacial score (nSPS) is 18.4. The zero-order valence-corrected chi connectivity index (χ0v) is 9.49. The van der Waals surface area contributed by atoms with Crippen LogP contribution in [0.25, 0.3) is 0 Å². The van der Waals surface area contributed by atoms with Crippen molar-refractivity contribution in [2.24, 2.45) is 0 Å². The van der Waals surface area contributed by atoms with Gasteiger partial charge in [0.05, 0.1) is 0 Å². The van der Waals surface area contributed by atoms with Crippen LogP contribution in [0.5, 0.6) is 0 Å². The molecule has 72 valence electrons. The summed E-state index contributed by atoms with van der Waals surface area (Å²) < 4.78 is 12.9. The monoisotopic (exact) mass is 272 g/mol. The molecule has 0 spiro atoms. The minimum Gasteiger partial charge on any atom is -0.289 e. The van der Waals surface area contributed by atoms with Gasteiger partial charge in [-0.25, -0.2) is 4.39 Å². The fourth-order valence-corrected chi connectivity index (χ4v) is 2.86. The molecule has 1 aromatic carbocycles. The fourth-order valence-electron chi connectivity index (χ4n) is 1.28. The molecule has 0 saturated carbocycles. The molecule has 0 N–H and O–H groups in total. The topological polar surface area (TPSA) is 17.1 Å². The average molecular weight is 273 g/mol. The van der Waals surface area contributed by atoms with E-state index >= 15 is 0 Å². The lowest BCUT2D eigenvalue weighted by molar-refractivity contribution is 0.103. The SMILES string of the molecule is O=C1/C(=C\Br)CSc2ccc(F)cc21. The number of carbonyl (C=O) groups excluding carboxylic acids is 1. The van der Waals surface area contributed by atoms with E-state index in [1.165, 1.54) is 12.1 Å². The molecule has 0 saturated heterocycles. The van der Waals surface area contributed by atoms with Crippen LogP contribution in [0.3, 0.4) is 0 Å². The van der Waals surface area contributed by atoms with Gasteiger partial charge in [0.25, 0.3) is 0 Å². The highest BCUT2D eigenvalue weighted by Gasteiger charge is 2.22. The summed E-state index contributed by atoms with van der Waals surface area (Å²) in [5.41, 5.74) is 1.14. The molecule has 14 heavy (non-hydrogen) atoms. The molecule has 1 aliphatic heterocycles. The molecule has 0 aromatic heterocycles. The highest BCUT2D eigenvalue weighted by molar-refractivity contribution is 9.11. The Hall–Kier alpha value is -0.610. The van der Waals surface area contributed by atoms with Crippen molar-refractivity contribution in [3.05, 3.63) is 40.1 Å². The van der Waals surface area contributed by atoms with E-state index in [1.54, 1.807) is 22.8 Å². The van der Waals surface area contributed by atoms with E-state index < -0.39 is 0 Å². The summed E-state index contributed by atoms with van der Waals surface area (Å²) in [4.78, 5) is 14.2. The van der Waals surface area contributed by atoms with E-state index in [1.807, 2.05) is 0 Å². The number of halogens is 2. The van der Waals surface area contributed by atoms with Crippen LogP contribution in [-0.4, -0.2) is 11.5 Å². The van der Waals surface area contributed by atoms with Crippen LogP contribution < -0.4 is 0 Å². The first-order valence-corrected chi connectivity index (χ1v) is 5.89. The Labute approximate surface area is 93.5 Å². The summed E-state index contributed by atoms with van der Waals surface area (Å²) in [6.45, 7) is 0. The highest BCUT2D eigenvalue weighted by atomic mass is 79.9.